The maximum Gasteiger partial charge on any atom is 0.338 e. The molecule has 5 rings (SSSR count). The Morgan fingerprint density at radius 3 is 2.50 bits per heavy atom. The molecule has 3 heterocycles. The summed E-state index contributed by atoms with van der Waals surface area (Å²) in [5.41, 5.74) is 5.34. The first-order valence-electron chi connectivity index (χ1n) is 12.9. The van der Waals surface area contributed by atoms with Gasteiger partial charge in [0.2, 0.25) is 0 Å². The van der Waals surface area contributed by atoms with Gasteiger partial charge in [0.25, 0.3) is 5.56 Å². The molecule has 0 aliphatic carbocycles. The Hall–Kier alpha value is -3.69. The first-order valence-corrected chi connectivity index (χ1v) is 14.5. The van der Waals surface area contributed by atoms with Crippen LogP contribution in [-0.4, -0.2) is 28.3 Å². The van der Waals surface area contributed by atoms with Crippen molar-refractivity contribution in [1.29, 1.82) is 0 Å². The molecule has 1 aliphatic rings. The number of fused-ring (bicyclic) bond motifs is 1. The Bertz CT molecular complexity index is 1830. The smallest absolute Gasteiger partial charge is 0.338 e. The Labute approximate surface area is 244 Å². The SMILES string of the molecule is COc1ccc(Br)cc1[C@H]1C(C(=O)OC(C)C)=C(C)N=c2s/c(=C\c3cc(C)n(-c4ccccc4)c3C)c(=O)n21. The third-order valence-electron chi connectivity index (χ3n) is 6.84. The van der Waals surface area contributed by atoms with E-state index in [0.29, 0.717) is 31.9 Å². The van der Waals surface area contributed by atoms with Crippen molar-refractivity contribution in [2.75, 3.05) is 7.11 Å². The maximum atomic E-state index is 14.1. The number of carbonyl (C=O) groups is 1. The lowest BCUT2D eigenvalue weighted by Gasteiger charge is -2.26. The number of nitrogens with zero attached hydrogens (tertiary/aromatic N) is 3. The Balaban J connectivity index is 1.74. The van der Waals surface area contributed by atoms with Gasteiger partial charge in [-0.2, -0.15) is 0 Å². The number of allylic oxidation sites excluding steroid dienone is 1. The summed E-state index contributed by atoms with van der Waals surface area (Å²) in [5, 5.41) is 0. The van der Waals surface area contributed by atoms with Gasteiger partial charge >= 0.3 is 5.97 Å². The Kier molecular flexibility index (Phi) is 7.70. The van der Waals surface area contributed by atoms with E-state index in [0.717, 1.165) is 27.1 Å². The number of aryl methyl sites for hydroxylation is 1. The minimum Gasteiger partial charge on any atom is -0.496 e. The summed E-state index contributed by atoms with van der Waals surface area (Å²) >= 11 is 4.85. The topological polar surface area (TPSA) is 74.8 Å². The maximum absolute atomic E-state index is 14.1. The number of carbonyl (C=O) groups excluding carboxylic acids is 1. The van der Waals surface area contributed by atoms with Crippen molar-refractivity contribution in [3.8, 4) is 11.4 Å². The van der Waals surface area contributed by atoms with Gasteiger partial charge in [-0.25, -0.2) is 9.79 Å². The lowest BCUT2D eigenvalue weighted by molar-refractivity contribution is -0.143. The second kappa shape index (κ2) is 11.1. The van der Waals surface area contributed by atoms with Crippen LogP contribution in [-0.2, 0) is 9.53 Å². The molecular formula is C31H30BrN3O4S. The van der Waals surface area contributed by atoms with E-state index < -0.39 is 12.0 Å². The molecule has 0 amide bonds. The van der Waals surface area contributed by atoms with E-state index in [1.54, 1.807) is 32.4 Å². The number of hydrogen-bond acceptors (Lipinski definition) is 6. The standard InChI is InChI=1S/C31H30BrN3O4S/c1-17(2)39-30(37)27-19(4)33-31-35(28(27)24-16-22(32)12-13-25(24)38-6)29(36)26(40-31)15-21-14-18(3)34(20(21)5)23-10-8-7-9-11-23/h7-17,28H,1-6H3/b26-15-/t28-/m0/s1. The fourth-order valence-corrected chi connectivity index (χ4v) is 6.54. The van der Waals surface area contributed by atoms with E-state index in [1.807, 2.05) is 49.4 Å². The van der Waals surface area contributed by atoms with Gasteiger partial charge < -0.3 is 14.0 Å². The minimum absolute atomic E-state index is 0.234. The van der Waals surface area contributed by atoms with Gasteiger partial charge in [0.05, 0.1) is 29.0 Å². The molecule has 7 nitrogen and oxygen atoms in total. The molecule has 2 aromatic heterocycles. The molecule has 9 heteroatoms. The molecule has 206 valence electrons. The number of methoxy groups -OCH3 is 1. The van der Waals surface area contributed by atoms with Gasteiger partial charge in [-0.05, 0) is 82.7 Å². The molecule has 40 heavy (non-hydrogen) atoms. The van der Waals surface area contributed by atoms with E-state index in [4.69, 9.17) is 14.5 Å². The number of thiazole rings is 1. The van der Waals surface area contributed by atoms with Gasteiger partial charge in [-0.15, -0.1) is 0 Å². The fraction of sp³-hybridized carbons (Fsp3) is 0.258. The number of hydrogen-bond donors (Lipinski definition) is 0. The zero-order chi connectivity index (χ0) is 28.7. The molecule has 2 aromatic carbocycles. The van der Waals surface area contributed by atoms with Crippen LogP contribution < -0.4 is 19.6 Å². The van der Waals surface area contributed by atoms with Crippen LogP contribution in [0.25, 0.3) is 11.8 Å². The van der Waals surface area contributed by atoms with Crippen LogP contribution in [0.3, 0.4) is 0 Å². The molecule has 0 bridgehead atoms. The highest BCUT2D eigenvalue weighted by molar-refractivity contribution is 9.10. The lowest BCUT2D eigenvalue weighted by atomic mass is 9.95. The van der Waals surface area contributed by atoms with Crippen LogP contribution in [0.2, 0.25) is 0 Å². The highest BCUT2D eigenvalue weighted by Gasteiger charge is 2.35. The third kappa shape index (κ3) is 4.99. The van der Waals surface area contributed by atoms with Crippen LogP contribution in [0.1, 0.15) is 49.3 Å². The molecule has 0 spiro atoms. The van der Waals surface area contributed by atoms with Gasteiger partial charge in [-0.1, -0.05) is 45.5 Å². The van der Waals surface area contributed by atoms with E-state index in [1.165, 1.54) is 11.3 Å². The van der Waals surface area contributed by atoms with E-state index in [9.17, 15) is 9.59 Å². The first-order chi connectivity index (χ1) is 19.1. The lowest BCUT2D eigenvalue weighted by Crippen LogP contribution is -2.40. The van der Waals surface area contributed by atoms with Crippen LogP contribution >= 0.6 is 27.3 Å². The van der Waals surface area contributed by atoms with Gasteiger partial charge in [0, 0.05) is 27.1 Å². The van der Waals surface area contributed by atoms with Gasteiger partial charge in [-0.3, -0.25) is 9.36 Å². The average molecular weight is 621 g/mol. The zero-order valence-electron chi connectivity index (χ0n) is 23.2. The molecule has 4 aromatic rings. The molecular weight excluding hydrogens is 590 g/mol. The number of ether oxygens (including phenoxy) is 2. The van der Waals surface area contributed by atoms with Crippen LogP contribution in [0.4, 0.5) is 0 Å². The molecule has 0 N–H and O–H groups in total. The number of benzene rings is 2. The molecule has 1 aliphatic heterocycles. The predicted molar refractivity (Wildman–Crippen MR) is 161 cm³/mol. The highest BCUT2D eigenvalue weighted by Crippen LogP contribution is 2.37. The van der Waals surface area contributed by atoms with E-state index >= 15 is 0 Å². The normalized spacial score (nSPS) is 15.3. The van der Waals surface area contributed by atoms with Crippen molar-refractivity contribution in [3.63, 3.8) is 0 Å². The number of esters is 1. The van der Waals surface area contributed by atoms with Crippen molar-refractivity contribution in [3.05, 3.63) is 113 Å². The summed E-state index contributed by atoms with van der Waals surface area (Å²) in [6.45, 7) is 9.46. The minimum atomic E-state index is -0.770. The molecule has 0 fully saturated rings. The second-order valence-corrected chi connectivity index (χ2v) is 11.8. The summed E-state index contributed by atoms with van der Waals surface area (Å²) in [6, 6.07) is 17.0. The Morgan fingerprint density at radius 1 is 1.10 bits per heavy atom. The number of rotatable bonds is 6. The van der Waals surface area contributed by atoms with Gasteiger partial charge in [0.1, 0.15) is 11.8 Å². The third-order valence-corrected chi connectivity index (χ3v) is 8.32. The summed E-state index contributed by atoms with van der Waals surface area (Å²) in [4.78, 5) is 32.7. The van der Waals surface area contributed by atoms with Crippen molar-refractivity contribution < 1.29 is 14.3 Å². The monoisotopic (exact) mass is 619 g/mol. The summed E-state index contributed by atoms with van der Waals surface area (Å²) in [5.74, 6) is 0.0442. The van der Waals surface area contributed by atoms with Crippen molar-refractivity contribution in [2.45, 2.75) is 46.8 Å². The highest BCUT2D eigenvalue weighted by atomic mass is 79.9. The van der Waals surface area contributed by atoms with Crippen molar-refractivity contribution in [1.82, 2.24) is 9.13 Å². The average Bonchev–Trinajstić information content (AvgIpc) is 3.37. The van der Waals surface area contributed by atoms with Crippen molar-refractivity contribution >= 4 is 39.3 Å². The number of aromatic nitrogens is 2. The van der Waals surface area contributed by atoms with Crippen LogP contribution in [0, 0.1) is 13.8 Å². The largest absolute Gasteiger partial charge is 0.496 e. The van der Waals surface area contributed by atoms with E-state index in [-0.39, 0.29) is 11.7 Å². The fourth-order valence-electron chi connectivity index (χ4n) is 5.12. The van der Waals surface area contributed by atoms with Gasteiger partial charge in [0.15, 0.2) is 4.80 Å². The summed E-state index contributed by atoms with van der Waals surface area (Å²) < 4.78 is 16.4. The van der Waals surface area contributed by atoms with Crippen molar-refractivity contribution in [2.24, 2.45) is 4.99 Å². The zero-order valence-corrected chi connectivity index (χ0v) is 25.6. The molecule has 0 unspecified atom stereocenters. The van der Waals surface area contributed by atoms with Crippen LogP contribution in [0.15, 0.2) is 80.1 Å². The summed E-state index contributed by atoms with van der Waals surface area (Å²) in [7, 11) is 1.57. The summed E-state index contributed by atoms with van der Waals surface area (Å²) in [6.07, 6.45) is 1.58. The molecule has 0 saturated carbocycles. The predicted octanol–water partition coefficient (Wildman–Crippen LogP) is 5.37. The molecule has 0 saturated heterocycles. The molecule has 1 atom stereocenters. The Morgan fingerprint density at radius 2 is 1.82 bits per heavy atom. The quantitative estimate of drug-likeness (QED) is 0.272. The number of halogens is 1. The molecule has 0 radical (unpaired) electrons. The second-order valence-electron chi connectivity index (χ2n) is 9.92. The first kappa shape index (κ1) is 27.9. The van der Waals surface area contributed by atoms with E-state index in [2.05, 4.69) is 45.6 Å². The van der Waals surface area contributed by atoms with Crippen LogP contribution in [0.5, 0.6) is 5.75 Å². The number of para-hydroxylation sites is 1.